The zero-order valence-corrected chi connectivity index (χ0v) is 13.1. The van der Waals surface area contributed by atoms with Crippen LogP contribution in [0.25, 0.3) is 0 Å². The van der Waals surface area contributed by atoms with E-state index in [1.807, 2.05) is 17.0 Å². The number of benzene rings is 1. The van der Waals surface area contributed by atoms with Crippen LogP contribution in [0, 0.1) is 0 Å². The zero-order chi connectivity index (χ0) is 16.2. The third-order valence-electron chi connectivity index (χ3n) is 5.02. The van der Waals surface area contributed by atoms with Gasteiger partial charge in [0.25, 0.3) is 0 Å². The number of hydrogen-bond acceptors (Lipinski definition) is 4. The number of ether oxygens (including phenoxy) is 2. The molecule has 1 aromatic carbocycles. The molecule has 1 spiro atoms. The van der Waals surface area contributed by atoms with Gasteiger partial charge in [-0.2, -0.15) is 0 Å². The molecule has 5 heteroatoms. The molecule has 5 nitrogen and oxygen atoms in total. The summed E-state index contributed by atoms with van der Waals surface area (Å²) in [4.78, 5) is 26.4. The second kappa shape index (κ2) is 4.72. The van der Waals surface area contributed by atoms with Crippen LogP contribution in [0.3, 0.4) is 0 Å². The zero-order valence-electron chi connectivity index (χ0n) is 13.1. The van der Waals surface area contributed by atoms with Gasteiger partial charge in [-0.05, 0) is 41.3 Å². The fourth-order valence-electron chi connectivity index (χ4n) is 3.99. The Morgan fingerprint density at radius 3 is 2.57 bits per heavy atom. The maximum Gasteiger partial charge on any atom is 0.247 e. The number of carbonyl (C=O) groups excluding carboxylic acids is 2. The summed E-state index contributed by atoms with van der Waals surface area (Å²) >= 11 is 0. The first-order chi connectivity index (χ1) is 11.1. The summed E-state index contributed by atoms with van der Waals surface area (Å²) in [5.41, 5.74) is 2.27. The third-order valence-corrected chi connectivity index (χ3v) is 5.02. The lowest BCUT2D eigenvalue weighted by atomic mass is 9.72. The van der Waals surface area contributed by atoms with Crippen molar-refractivity contribution >= 4 is 11.7 Å². The van der Waals surface area contributed by atoms with E-state index in [1.54, 1.807) is 32.4 Å². The summed E-state index contributed by atoms with van der Waals surface area (Å²) in [6.45, 7) is 0.600. The Kier molecular flexibility index (Phi) is 2.88. The topological polar surface area (TPSA) is 55.8 Å². The molecule has 1 amide bonds. The van der Waals surface area contributed by atoms with Crippen molar-refractivity contribution in [2.75, 3.05) is 20.8 Å². The van der Waals surface area contributed by atoms with Crippen LogP contribution in [0.2, 0.25) is 0 Å². The number of carbonyl (C=O) groups is 2. The highest BCUT2D eigenvalue weighted by molar-refractivity contribution is 6.01. The summed E-state index contributed by atoms with van der Waals surface area (Å²) in [5.74, 6) is 1.29. The molecule has 0 aromatic heterocycles. The highest BCUT2D eigenvalue weighted by Gasteiger charge is 2.53. The van der Waals surface area contributed by atoms with Gasteiger partial charge in [-0.1, -0.05) is 6.08 Å². The molecule has 1 aliphatic carbocycles. The first kappa shape index (κ1) is 14.1. The van der Waals surface area contributed by atoms with E-state index in [2.05, 4.69) is 0 Å². The standard InChI is InChI=1S/C18H17NO4/c1-22-15-7-11-5-6-19-17(21)8-12-3-4-13(20)10-18(12,19)14(11)9-16(15)23-2/h3-4,7-9H,5-6,10H2,1-2H3/t18-/m0/s1. The van der Waals surface area contributed by atoms with Gasteiger partial charge in [0, 0.05) is 19.0 Å². The van der Waals surface area contributed by atoms with Crippen molar-refractivity contribution in [3.05, 3.63) is 47.1 Å². The number of amides is 1. The number of ketones is 1. The molecule has 0 unspecified atom stereocenters. The molecule has 0 fully saturated rings. The van der Waals surface area contributed by atoms with Crippen molar-refractivity contribution < 1.29 is 19.1 Å². The molecule has 0 radical (unpaired) electrons. The largest absolute Gasteiger partial charge is 0.493 e. The fraction of sp³-hybridized carbons (Fsp3) is 0.333. The molecule has 23 heavy (non-hydrogen) atoms. The third kappa shape index (κ3) is 1.73. The summed E-state index contributed by atoms with van der Waals surface area (Å²) in [6, 6.07) is 3.88. The number of nitrogens with zero attached hydrogens (tertiary/aromatic N) is 1. The number of allylic oxidation sites excluding steroid dienone is 1. The Bertz CT molecular complexity index is 792. The molecule has 4 rings (SSSR count). The summed E-state index contributed by atoms with van der Waals surface area (Å²) in [5, 5.41) is 0. The molecule has 0 N–H and O–H groups in total. The predicted molar refractivity (Wildman–Crippen MR) is 83.5 cm³/mol. The van der Waals surface area contributed by atoms with E-state index in [1.165, 1.54) is 0 Å². The van der Waals surface area contributed by atoms with Gasteiger partial charge in [0.1, 0.15) is 5.54 Å². The number of methoxy groups -OCH3 is 2. The van der Waals surface area contributed by atoms with Gasteiger partial charge in [-0.15, -0.1) is 0 Å². The molecular weight excluding hydrogens is 294 g/mol. The second-order valence-corrected chi connectivity index (χ2v) is 6.04. The van der Waals surface area contributed by atoms with E-state index in [9.17, 15) is 9.59 Å². The highest BCUT2D eigenvalue weighted by atomic mass is 16.5. The summed E-state index contributed by atoms with van der Waals surface area (Å²) < 4.78 is 10.8. The Balaban J connectivity index is 1.98. The number of rotatable bonds is 2. The van der Waals surface area contributed by atoms with Gasteiger partial charge >= 0.3 is 0 Å². The monoisotopic (exact) mass is 311 g/mol. The van der Waals surface area contributed by atoms with E-state index in [4.69, 9.17) is 9.47 Å². The van der Waals surface area contributed by atoms with Crippen molar-refractivity contribution in [1.29, 1.82) is 0 Å². The molecule has 0 bridgehead atoms. The van der Waals surface area contributed by atoms with Crippen LogP contribution in [0.5, 0.6) is 11.5 Å². The van der Waals surface area contributed by atoms with E-state index < -0.39 is 5.54 Å². The van der Waals surface area contributed by atoms with Gasteiger partial charge in [0.05, 0.1) is 14.2 Å². The fourth-order valence-corrected chi connectivity index (χ4v) is 3.99. The molecule has 0 saturated carbocycles. The minimum atomic E-state index is -0.684. The van der Waals surface area contributed by atoms with Crippen LogP contribution in [-0.4, -0.2) is 37.4 Å². The lowest BCUT2D eigenvalue weighted by molar-refractivity contribution is -0.131. The predicted octanol–water partition coefficient (Wildman–Crippen LogP) is 1.75. The van der Waals surface area contributed by atoms with Crippen LogP contribution < -0.4 is 9.47 Å². The maximum atomic E-state index is 12.4. The Morgan fingerprint density at radius 2 is 1.83 bits per heavy atom. The van der Waals surface area contributed by atoms with Crippen molar-refractivity contribution in [1.82, 2.24) is 4.90 Å². The van der Waals surface area contributed by atoms with Crippen LogP contribution in [-0.2, 0) is 21.5 Å². The lowest BCUT2D eigenvalue weighted by Gasteiger charge is -2.46. The van der Waals surface area contributed by atoms with Crippen molar-refractivity contribution in [2.45, 2.75) is 18.4 Å². The van der Waals surface area contributed by atoms with Crippen LogP contribution in [0.15, 0.2) is 35.9 Å². The molecule has 1 aromatic rings. The van der Waals surface area contributed by atoms with Crippen LogP contribution >= 0.6 is 0 Å². The molecule has 2 heterocycles. The smallest absolute Gasteiger partial charge is 0.247 e. The minimum Gasteiger partial charge on any atom is -0.493 e. The Labute approximate surface area is 134 Å². The van der Waals surface area contributed by atoms with Gasteiger partial charge < -0.3 is 14.4 Å². The van der Waals surface area contributed by atoms with E-state index in [0.29, 0.717) is 18.0 Å². The maximum absolute atomic E-state index is 12.4. The van der Waals surface area contributed by atoms with Crippen molar-refractivity contribution in [3.8, 4) is 11.5 Å². The van der Waals surface area contributed by atoms with Crippen LogP contribution in [0.1, 0.15) is 17.5 Å². The Morgan fingerprint density at radius 1 is 1.09 bits per heavy atom. The summed E-state index contributed by atoms with van der Waals surface area (Å²) in [6.07, 6.45) is 6.00. The van der Waals surface area contributed by atoms with Gasteiger partial charge in [-0.25, -0.2) is 0 Å². The normalized spacial score (nSPS) is 24.8. The Hall–Kier alpha value is -2.56. The van der Waals surface area contributed by atoms with Gasteiger partial charge in [0.2, 0.25) is 5.91 Å². The van der Waals surface area contributed by atoms with Gasteiger partial charge in [0.15, 0.2) is 17.3 Å². The van der Waals surface area contributed by atoms with E-state index in [-0.39, 0.29) is 18.1 Å². The highest BCUT2D eigenvalue weighted by Crippen LogP contribution is 2.51. The average molecular weight is 311 g/mol. The average Bonchev–Trinajstić information content (AvgIpc) is 2.85. The number of fused-ring (bicyclic) bond motifs is 1. The molecule has 2 aliphatic heterocycles. The SMILES string of the molecule is COc1cc2c(cc1OC)[C@]13CC(=O)C=CC1=CC(=O)N3CC2. The molecule has 1 atom stereocenters. The van der Waals surface area contributed by atoms with Crippen molar-refractivity contribution in [3.63, 3.8) is 0 Å². The molecular formula is C18H17NO4. The molecule has 118 valence electrons. The second-order valence-electron chi connectivity index (χ2n) is 6.04. The first-order valence-corrected chi connectivity index (χ1v) is 7.60. The first-order valence-electron chi connectivity index (χ1n) is 7.60. The van der Waals surface area contributed by atoms with Gasteiger partial charge in [-0.3, -0.25) is 9.59 Å². The number of hydrogen-bond donors (Lipinski definition) is 0. The quantitative estimate of drug-likeness (QED) is 0.835. The molecule has 3 aliphatic rings. The summed E-state index contributed by atoms with van der Waals surface area (Å²) in [7, 11) is 3.19. The van der Waals surface area contributed by atoms with Crippen LogP contribution in [0.4, 0.5) is 0 Å². The van der Waals surface area contributed by atoms with Crippen molar-refractivity contribution in [2.24, 2.45) is 0 Å². The van der Waals surface area contributed by atoms with E-state index >= 15 is 0 Å². The lowest BCUT2D eigenvalue weighted by Crippen LogP contribution is -2.51. The van der Waals surface area contributed by atoms with E-state index in [0.717, 1.165) is 23.1 Å². The minimum absolute atomic E-state index is 0.0280. The molecule has 0 saturated heterocycles.